The van der Waals surface area contributed by atoms with Crippen LogP contribution >= 0.6 is 0 Å². The second kappa shape index (κ2) is 10.8. The summed E-state index contributed by atoms with van der Waals surface area (Å²) in [4.78, 5) is 0. The van der Waals surface area contributed by atoms with Gasteiger partial charge in [0.05, 0.1) is 20.3 Å². The number of fused-ring (bicyclic) bond motifs is 1. The zero-order chi connectivity index (χ0) is 24.1. The quantitative estimate of drug-likeness (QED) is 0.413. The van der Waals surface area contributed by atoms with Crippen molar-refractivity contribution in [3.05, 3.63) is 94.1 Å². The van der Waals surface area contributed by atoms with Crippen molar-refractivity contribution in [1.82, 2.24) is 5.32 Å². The monoisotopic (exact) mass is 457 g/mol. The lowest BCUT2D eigenvalue weighted by Crippen LogP contribution is -2.28. The van der Waals surface area contributed by atoms with Crippen molar-refractivity contribution in [3.63, 3.8) is 0 Å². The Balaban J connectivity index is 1.59. The summed E-state index contributed by atoms with van der Waals surface area (Å²) in [5, 5.41) is 3.65. The van der Waals surface area contributed by atoms with Crippen molar-refractivity contribution >= 4 is 6.08 Å². The van der Waals surface area contributed by atoms with Gasteiger partial charge < -0.3 is 19.5 Å². The Morgan fingerprint density at radius 3 is 2.44 bits per heavy atom. The number of benzene rings is 3. The first-order valence-electron chi connectivity index (χ1n) is 12.0. The molecule has 0 aromatic heterocycles. The molecule has 0 aliphatic carbocycles. The molecule has 0 saturated carbocycles. The summed E-state index contributed by atoms with van der Waals surface area (Å²) in [6.07, 6.45) is 5.44. The van der Waals surface area contributed by atoms with Gasteiger partial charge in [-0.05, 0) is 76.9 Å². The van der Waals surface area contributed by atoms with E-state index < -0.39 is 0 Å². The second-order valence-electron chi connectivity index (χ2n) is 9.12. The number of methoxy groups -OCH3 is 2. The predicted octanol–water partition coefficient (Wildman–Crippen LogP) is 6.61. The van der Waals surface area contributed by atoms with Crippen molar-refractivity contribution in [2.24, 2.45) is 0 Å². The van der Waals surface area contributed by atoms with Gasteiger partial charge in [-0.15, -0.1) is 0 Å². The smallest absolute Gasteiger partial charge is 0.161 e. The maximum absolute atomic E-state index is 6.14. The molecule has 178 valence electrons. The lowest BCUT2D eigenvalue weighted by molar-refractivity contribution is 0.283. The summed E-state index contributed by atoms with van der Waals surface area (Å²) >= 11 is 0. The normalized spacial score (nSPS) is 15.4. The third kappa shape index (κ3) is 5.28. The van der Waals surface area contributed by atoms with Crippen LogP contribution in [0.4, 0.5) is 0 Å². The fourth-order valence-corrected chi connectivity index (χ4v) is 4.50. The average Bonchev–Trinajstić information content (AvgIpc) is 2.86. The molecule has 0 amide bonds. The molecule has 1 heterocycles. The van der Waals surface area contributed by atoms with Crippen LogP contribution in [0.1, 0.15) is 59.2 Å². The van der Waals surface area contributed by atoms with Crippen LogP contribution in [-0.4, -0.2) is 20.8 Å². The van der Waals surface area contributed by atoms with E-state index in [9.17, 15) is 0 Å². The molecule has 0 radical (unpaired) electrons. The van der Waals surface area contributed by atoms with Gasteiger partial charge in [0.15, 0.2) is 11.5 Å². The third-order valence-electron chi connectivity index (χ3n) is 6.46. The number of nitrogens with one attached hydrogen (secondary N) is 1. The summed E-state index contributed by atoms with van der Waals surface area (Å²) in [7, 11) is 3.44. The van der Waals surface area contributed by atoms with Crippen molar-refractivity contribution in [1.29, 1.82) is 0 Å². The van der Waals surface area contributed by atoms with Gasteiger partial charge in [0.25, 0.3) is 0 Å². The summed E-state index contributed by atoms with van der Waals surface area (Å²) in [6.45, 7) is 7.97. The van der Waals surface area contributed by atoms with E-state index in [2.05, 4.69) is 74.6 Å². The van der Waals surface area contributed by atoms with E-state index in [0.29, 0.717) is 12.5 Å². The number of aryl methyl sites for hydroxylation is 1. The lowest BCUT2D eigenvalue weighted by atomic mass is 9.92. The van der Waals surface area contributed by atoms with E-state index in [1.807, 2.05) is 18.2 Å². The molecule has 1 unspecified atom stereocenters. The highest BCUT2D eigenvalue weighted by Gasteiger charge is 2.21. The van der Waals surface area contributed by atoms with Crippen molar-refractivity contribution < 1.29 is 14.2 Å². The SMILES string of the molecule is COc1cc2c(cc1OCc1ccccc1)CCNC2/C=C/c1cc(C(C)C)c(OC)cc1C. The number of hydrogen-bond donors (Lipinski definition) is 1. The largest absolute Gasteiger partial charge is 0.496 e. The molecule has 1 aliphatic heterocycles. The highest BCUT2D eigenvalue weighted by atomic mass is 16.5. The van der Waals surface area contributed by atoms with Crippen LogP contribution in [0.25, 0.3) is 6.08 Å². The number of rotatable bonds is 8. The molecule has 4 nitrogen and oxygen atoms in total. The highest BCUT2D eigenvalue weighted by molar-refractivity contribution is 5.60. The molecule has 1 atom stereocenters. The molecule has 34 heavy (non-hydrogen) atoms. The van der Waals surface area contributed by atoms with E-state index >= 15 is 0 Å². The van der Waals surface area contributed by atoms with Crippen LogP contribution in [0.5, 0.6) is 17.2 Å². The highest BCUT2D eigenvalue weighted by Crippen LogP contribution is 2.37. The van der Waals surface area contributed by atoms with Gasteiger partial charge in [0, 0.05) is 6.54 Å². The fraction of sp³-hybridized carbons (Fsp3) is 0.333. The van der Waals surface area contributed by atoms with Crippen LogP contribution in [0.15, 0.2) is 60.7 Å². The molecule has 0 saturated heterocycles. The Morgan fingerprint density at radius 2 is 1.74 bits per heavy atom. The standard InChI is InChI=1S/C30H35NO3/c1-20(2)25-16-23(21(3)15-28(25)32-4)11-12-27-26-18-29(33-5)30(17-24(26)13-14-31-27)34-19-22-9-7-6-8-10-22/h6-12,15-18,20,27,31H,13-14,19H2,1-5H3/b12-11+. The van der Waals surface area contributed by atoms with Gasteiger partial charge in [-0.2, -0.15) is 0 Å². The van der Waals surface area contributed by atoms with Gasteiger partial charge in [-0.1, -0.05) is 56.3 Å². The molecular weight excluding hydrogens is 422 g/mol. The van der Waals surface area contributed by atoms with Crippen molar-refractivity contribution in [3.8, 4) is 17.2 Å². The molecule has 0 bridgehead atoms. The fourth-order valence-electron chi connectivity index (χ4n) is 4.50. The van der Waals surface area contributed by atoms with Crippen molar-refractivity contribution in [2.45, 2.75) is 45.8 Å². The molecule has 3 aromatic carbocycles. The molecular formula is C30H35NO3. The van der Waals surface area contributed by atoms with E-state index in [1.54, 1.807) is 14.2 Å². The van der Waals surface area contributed by atoms with E-state index in [1.165, 1.54) is 27.8 Å². The Morgan fingerprint density at radius 1 is 0.971 bits per heavy atom. The van der Waals surface area contributed by atoms with Gasteiger partial charge in [-0.3, -0.25) is 0 Å². The Hall–Kier alpha value is -3.24. The van der Waals surface area contributed by atoms with Crippen molar-refractivity contribution in [2.75, 3.05) is 20.8 Å². The second-order valence-corrected chi connectivity index (χ2v) is 9.12. The van der Waals surface area contributed by atoms with Gasteiger partial charge >= 0.3 is 0 Å². The summed E-state index contributed by atoms with van der Waals surface area (Å²) in [5.41, 5.74) is 7.32. The topological polar surface area (TPSA) is 39.7 Å². The minimum Gasteiger partial charge on any atom is -0.496 e. The zero-order valence-corrected chi connectivity index (χ0v) is 20.9. The molecule has 0 spiro atoms. The molecule has 3 aromatic rings. The van der Waals surface area contributed by atoms with Crippen LogP contribution in [0.2, 0.25) is 0 Å². The van der Waals surface area contributed by atoms with Crippen LogP contribution in [0, 0.1) is 6.92 Å². The Bertz CT molecular complexity index is 1150. The summed E-state index contributed by atoms with van der Waals surface area (Å²) in [5.74, 6) is 2.91. The molecule has 4 heteroatoms. The molecule has 0 fully saturated rings. The van der Waals surface area contributed by atoms with Gasteiger partial charge in [0.2, 0.25) is 0 Å². The summed E-state index contributed by atoms with van der Waals surface area (Å²) < 4.78 is 17.5. The van der Waals surface area contributed by atoms with Gasteiger partial charge in [-0.25, -0.2) is 0 Å². The first kappa shape index (κ1) is 23.9. The van der Waals surface area contributed by atoms with Crippen LogP contribution < -0.4 is 19.5 Å². The summed E-state index contributed by atoms with van der Waals surface area (Å²) in [6, 6.07) is 19.0. The number of hydrogen-bond acceptors (Lipinski definition) is 4. The average molecular weight is 458 g/mol. The minimum atomic E-state index is 0.116. The molecule has 4 rings (SSSR count). The zero-order valence-electron chi connectivity index (χ0n) is 20.9. The first-order valence-corrected chi connectivity index (χ1v) is 12.0. The lowest BCUT2D eigenvalue weighted by Gasteiger charge is -2.26. The number of ether oxygens (including phenoxy) is 3. The first-order chi connectivity index (χ1) is 16.5. The maximum atomic E-state index is 6.14. The maximum Gasteiger partial charge on any atom is 0.161 e. The van der Waals surface area contributed by atoms with Crippen LogP contribution in [-0.2, 0) is 13.0 Å². The van der Waals surface area contributed by atoms with Crippen LogP contribution in [0.3, 0.4) is 0 Å². The Kier molecular flexibility index (Phi) is 7.59. The van der Waals surface area contributed by atoms with Gasteiger partial charge in [0.1, 0.15) is 12.4 Å². The minimum absolute atomic E-state index is 0.116. The predicted molar refractivity (Wildman–Crippen MR) is 139 cm³/mol. The Labute approximate surface area is 203 Å². The van der Waals surface area contributed by atoms with E-state index in [-0.39, 0.29) is 6.04 Å². The third-order valence-corrected chi connectivity index (χ3v) is 6.46. The molecule has 1 aliphatic rings. The van der Waals surface area contributed by atoms with E-state index in [4.69, 9.17) is 14.2 Å². The van der Waals surface area contributed by atoms with E-state index in [0.717, 1.165) is 35.8 Å². The molecule has 1 N–H and O–H groups in total.